The Balaban J connectivity index is 2.06. The summed E-state index contributed by atoms with van der Waals surface area (Å²) in [6.07, 6.45) is 2.62. The van der Waals surface area contributed by atoms with Gasteiger partial charge in [-0.15, -0.1) is 10.2 Å². The van der Waals surface area contributed by atoms with Crippen LogP contribution in [0.15, 0.2) is 0 Å². The predicted molar refractivity (Wildman–Crippen MR) is 81.7 cm³/mol. The van der Waals surface area contributed by atoms with Gasteiger partial charge >= 0.3 is 0 Å². The van der Waals surface area contributed by atoms with Crippen molar-refractivity contribution < 1.29 is 26.7 Å². The SMILES string of the molecule is CCCCCc1nnc(NC(=O)Cc2c(F)c(F)c(F)c(F)c2F)s1. The lowest BCUT2D eigenvalue weighted by molar-refractivity contribution is -0.115. The van der Waals surface area contributed by atoms with Crippen molar-refractivity contribution in [2.75, 3.05) is 5.32 Å². The van der Waals surface area contributed by atoms with Crippen LogP contribution in [0.2, 0.25) is 0 Å². The van der Waals surface area contributed by atoms with E-state index in [1.54, 1.807) is 0 Å². The number of amides is 1. The molecule has 1 aromatic heterocycles. The van der Waals surface area contributed by atoms with Crippen molar-refractivity contribution >= 4 is 22.4 Å². The summed E-state index contributed by atoms with van der Waals surface area (Å²) < 4.78 is 66.3. The molecule has 2 rings (SSSR count). The van der Waals surface area contributed by atoms with Gasteiger partial charge in [-0.3, -0.25) is 4.79 Å². The van der Waals surface area contributed by atoms with E-state index in [9.17, 15) is 26.7 Å². The van der Waals surface area contributed by atoms with Crippen molar-refractivity contribution in [3.05, 3.63) is 39.7 Å². The molecule has 1 heterocycles. The first-order chi connectivity index (χ1) is 11.8. The first-order valence-electron chi connectivity index (χ1n) is 7.47. The van der Waals surface area contributed by atoms with Crippen LogP contribution in [0.25, 0.3) is 0 Å². The van der Waals surface area contributed by atoms with Crippen LogP contribution in [0, 0.1) is 29.1 Å². The van der Waals surface area contributed by atoms with Crippen LogP contribution in [0.3, 0.4) is 0 Å². The van der Waals surface area contributed by atoms with Crippen molar-refractivity contribution in [1.82, 2.24) is 10.2 Å². The molecule has 0 radical (unpaired) electrons. The molecular weight excluding hydrogens is 365 g/mol. The summed E-state index contributed by atoms with van der Waals surface area (Å²) in [4.78, 5) is 11.8. The standard InChI is InChI=1S/C15H14F5N3OS/c1-2-3-4-5-9-22-23-15(25-9)21-8(24)6-7-10(16)12(18)14(20)13(19)11(7)17/h2-6H2,1H3,(H,21,23,24). The van der Waals surface area contributed by atoms with Crippen LogP contribution >= 0.6 is 11.3 Å². The highest BCUT2D eigenvalue weighted by Crippen LogP contribution is 2.24. The van der Waals surface area contributed by atoms with Gasteiger partial charge in [0, 0.05) is 12.0 Å². The van der Waals surface area contributed by atoms with Crippen LogP contribution in [0.5, 0.6) is 0 Å². The summed E-state index contributed by atoms with van der Waals surface area (Å²) >= 11 is 1.09. The predicted octanol–water partition coefficient (Wildman–Crippen LogP) is 4.15. The van der Waals surface area contributed by atoms with Gasteiger partial charge in [0.25, 0.3) is 0 Å². The Hall–Kier alpha value is -2.10. The number of benzene rings is 1. The molecule has 1 amide bonds. The molecule has 4 nitrogen and oxygen atoms in total. The lowest BCUT2D eigenvalue weighted by Gasteiger charge is -2.07. The normalized spacial score (nSPS) is 11.0. The van der Waals surface area contributed by atoms with Gasteiger partial charge in [0.05, 0.1) is 6.42 Å². The van der Waals surface area contributed by atoms with E-state index in [0.717, 1.165) is 30.6 Å². The van der Waals surface area contributed by atoms with E-state index in [1.807, 2.05) is 6.92 Å². The zero-order valence-corrected chi connectivity index (χ0v) is 14.0. The molecule has 0 bridgehead atoms. The van der Waals surface area contributed by atoms with Gasteiger partial charge in [0.2, 0.25) is 16.9 Å². The van der Waals surface area contributed by atoms with Crippen LogP contribution in [-0.4, -0.2) is 16.1 Å². The molecule has 0 aliphatic carbocycles. The van der Waals surface area contributed by atoms with E-state index in [0.29, 0.717) is 11.4 Å². The number of hydrogen-bond donors (Lipinski definition) is 1. The van der Waals surface area contributed by atoms with Gasteiger partial charge in [-0.25, -0.2) is 22.0 Å². The highest BCUT2D eigenvalue weighted by atomic mass is 32.1. The fourth-order valence-corrected chi connectivity index (χ4v) is 2.86. The highest BCUT2D eigenvalue weighted by Gasteiger charge is 2.27. The Morgan fingerprint density at radius 2 is 1.56 bits per heavy atom. The molecule has 1 aromatic carbocycles. The van der Waals surface area contributed by atoms with Gasteiger partial charge in [0.15, 0.2) is 23.3 Å². The summed E-state index contributed by atoms with van der Waals surface area (Å²) in [7, 11) is 0. The number of carbonyl (C=O) groups excluding carboxylic acids is 1. The van der Waals surface area contributed by atoms with Crippen LogP contribution in [0.4, 0.5) is 27.1 Å². The molecule has 136 valence electrons. The molecule has 10 heteroatoms. The monoisotopic (exact) mass is 379 g/mol. The largest absolute Gasteiger partial charge is 0.300 e. The van der Waals surface area contributed by atoms with Gasteiger partial charge in [-0.1, -0.05) is 31.1 Å². The Bertz CT molecular complexity index is 752. The van der Waals surface area contributed by atoms with Crippen LogP contribution in [-0.2, 0) is 17.6 Å². The maximum absolute atomic E-state index is 13.6. The maximum atomic E-state index is 13.6. The smallest absolute Gasteiger partial charge is 0.230 e. The second kappa shape index (κ2) is 8.32. The van der Waals surface area contributed by atoms with Crippen molar-refractivity contribution in [2.45, 2.75) is 39.0 Å². The first kappa shape index (κ1) is 19.2. The van der Waals surface area contributed by atoms with E-state index in [1.165, 1.54) is 0 Å². The van der Waals surface area contributed by atoms with Gasteiger partial charge in [-0.2, -0.15) is 0 Å². The summed E-state index contributed by atoms with van der Waals surface area (Å²) in [6, 6.07) is 0. The van der Waals surface area contributed by atoms with E-state index in [-0.39, 0.29) is 5.13 Å². The van der Waals surface area contributed by atoms with Gasteiger partial charge in [0.1, 0.15) is 5.01 Å². The van der Waals surface area contributed by atoms with E-state index in [4.69, 9.17) is 0 Å². The summed E-state index contributed by atoms with van der Waals surface area (Å²) in [5, 5.41) is 10.6. The average molecular weight is 379 g/mol. The number of rotatable bonds is 7. The lowest BCUT2D eigenvalue weighted by atomic mass is 10.1. The zero-order valence-electron chi connectivity index (χ0n) is 13.1. The third-order valence-electron chi connectivity index (χ3n) is 3.35. The highest BCUT2D eigenvalue weighted by molar-refractivity contribution is 7.15. The minimum Gasteiger partial charge on any atom is -0.300 e. The number of nitrogens with zero attached hydrogens (tertiary/aromatic N) is 2. The number of unbranched alkanes of at least 4 members (excludes halogenated alkanes) is 2. The third-order valence-corrected chi connectivity index (χ3v) is 4.24. The topological polar surface area (TPSA) is 54.9 Å². The van der Waals surface area contributed by atoms with E-state index >= 15 is 0 Å². The molecule has 0 spiro atoms. The Morgan fingerprint density at radius 3 is 2.16 bits per heavy atom. The third kappa shape index (κ3) is 4.50. The summed E-state index contributed by atoms with van der Waals surface area (Å²) in [5.41, 5.74) is -1.19. The molecule has 1 N–H and O–H groups in total. The van der Waals surface area contributed by atoms with E-state index in [2.05, 4.69) is 15.5 Å². The molecule has 0 atom stereocenters. The first-order valence-corrected chi connectivity index (χ1v) is 8.29. The van der Waals surface area contributed by atoms with Crippen molar-refractivity contribution in [3.63, 3.8) is 0 Å². The molecule has 25 heavy (non-hydrogen) atoms. The van der Waals surface area contributed by atoms with Crippen molar-refractivity contribution in [1.29, 1.82) is 0 Å². The zero-order chi connectivity index (χ0) is 18.6. The molecule has 0 aliphatic rings. The van der Waals surface area contributed by atoms with Gasteiger partial charge < -0.3 is 5.32 Å². The second-order valence-electron chi connectivity index (χ2n) is 5.23. The number of halogens is 5. The lowest BCUT2D eigenvalue weighted by Crippen LogP contribution is -2.18. The number of hydrogen-bond acceptors (Lipinski definition) is 4. The molecule has 0 saturated carbocycles. The van der Waals surface area contributed by atoms with Gasteiger partial charge in [-0.05, 0) is 6.42 Å². The van der Waals surface area contributed by atoms with Crippen LogP contribution in [0.1, 0.15) is 36.8 Å². The van der Waals surface area contributed by atoms with Crippen LogP contribution < -0.4 is 5.32 Å². The Morgan fingerprint density at radius 1 is 0.960 bits per heavy atom. The molecule has 0 aliphatic heterocycles. The molecular formula is C15H14F5N3OS. The molecule has 0 fully saturated rings. The molecule has 2 aromatic rings. The number of anilines is 1. The number of nitrogens with one attached hydrogen (secondary N) is 1. The molecule has 0 unspecified atom stereocenters. The fraction of sp³-hybridized carbons (Fsp3) is 0.400. The fourth-order valence-electron chi connectivity index (χ4n) is 2.06. The average Bonchev–Trinajstić information content (AvgIpc) is 3.02. The summed E-state index contributed by atoms with van der Waals surface area (Å²) in [5.74, 6) is -11.4. The van der Waals surface area contributed by atoms with E-state index < -0.39 is 47.0 Å². The Labute approximate surface area is 144 Å². The van der Waals surface area contributed by atoms with Crippen molar-refractivity contribution in [2.24, 2.45) is 0 Å². The van der Waals surface area contributed by atoms with Crippen molar-refractivity contribution in [3.8, 4) is 0 Å². The minimum atomic E-state index is -2.26. The maximum Gasteiger partial charge on any atom is 0.230 e. The summed E-state index contributed by atoms with van der Waals surface area (Å²) in [6.45, 7) is 2.05. The minimum absolute atomic E-state index is 0.0976. The quantitative estimate of drug-likeness (QED) is 0.340. The number of carbonyl (C=O) groups is 1. The second-order valence-corrected chi connectivity index (χ2v) is 6.29. The number of aryl methyl sites for hydroxylation is 1. The molecule has 0 saturated heterocycles. The number of aromatic nitrogens is 2. The Kier molecular flexibility index (Phi) is 6.40.